The third kappa shape index (κ3) is 9.53. The Labute approximate surface area is 361 Å². The second-order valence-corrected chi connectivity index (χ2v) is 16.8. The van der Waals surface area contributed by atoms with Gasteiger partial charge in [0.1, 0.15) is 12.1 Å². The molecule has 0 radical (unpaired) electrons. The first-order valence-electron chi connectivity index (χ1n) is 21.2. The lowest BCUT2D eigenvalue weighted by Gasteiger charge is -2.39. The number of imide groups is 2. The van der Waals surface area contributed by atoms with Crippen molar-refractivity contribution in [3.63, 3.8) is 0 Å². The van der Waals surface area contributed by atoms with Crippen LogP contribution in [0.1, 0.15) is 77.5 Å². The number of hydrogen-bond acceptors (Lipinski definition) is 10. The van der Waals surface area contributed by atoms with E-state index in [4.69, 9.17) is 0 Å². The number of carbonyl (C=O) groups is 6. The van der Waals surface area contributed by atoms with E-state index < -0.39 is 71.8 Å². The van der Waals surface area contributed by atoms with E-state index in [-0.39, 0.29) is 35.3 Å². The van der Waals surface area contributed by atoms with Gasteiger partial charge in [-0.3, -0.25) is 48.4 Å². The molecule has 14 nitrogen and oxygen atoms in total. The Morgan fingerprint density at radius 3 is 1.23 bits per heavy atom. The van der Waals surface area contributed by atoms with Crippen LogP contribution >= 0.6 is 0 Å². The summed E-state index contributed by atoms with van der Waals surface area (Å²) in [7, 11) is 0. The van der Waals surface area contributed by atoms with Crippen LogP contribution in [-0.4, -0.2) is 141 Å². The second-order valence-electron chi connectivity index (χ2n) is 16.8. The van der Waals surface area contributed by atoms with Gasteiger partial charge >= 0.3 is 0 Å². The molecular weight excluding hydrogens is 789 g/mol. The van der Waals surface area contributed by atoms with E-state index in [1.165, 1.54) is 13.8 Å². The van der Waals surface area contributed by atoms with E-state index in [1.54, 1.807) is 36.4 Å². The van der Waals surface area contributed by atoms with Gasteiger partial charge in [-0.1, -0.05) is 83.9 Å². The van der Waals surface area contributed by atoms with Crippen molar-refractivity contribution in [3.8, 4) is 0 Å². The summed E-state index contributed by atoms with van der Waals surface area (Å²) in [6, 6.07) is 25.2. The van der Waals surface area contributed by atoms with Crippen molar-refractivity contribution in [1.82, 2.24) is 30.2 Å². The van der Waals surface area contributed by atoms with Gasteiger partial charge in [0.05, 0.1) is 46.5 Å². The minimum Gasteiger partial charge on any atom is -0.390 e. The molecule has 0 saturated carbocycles. The minimum atomic E-state index is -1.12. The average molecular weight is 843 g/mol. The molecule has 3 aliphatic heterocycles. The highest BCUT2D eigenvalue weighted by Crippen LogP contribution is 2.27. The van der Waals surface area contributed by atoms with Gasteiger partial charge in [0, 0.05) is 39.3 Å². The van der Waals surface area contributed by atoms with Crippen molar-refractivity contribution >= 4 is 35.4 Å². The Hall–Kier alpha value is -6.06. The predicted molar refractivity (Wildman–Crippen MR) is 231 cm³/mol. The molecule has 0 aromatic heterocycles. The highest BCUT2D eigenvalue weighted by molar-refractivity contribution is 6.23. The van der Waals surface area contributed by atoms with Gasteiger partial charge in [0.2, 0.25) is 11.8 Å². The Balaban J connectivity index is 0.964. The van der Waals surface area contributed by atoms with Crippen molar-refractivity contribution in [2.75, 3.05) is 39.3 Å². The molecule has 0 unspecified atom stereocenters. The summed E-state index contributed by atoms with van der Waals surface area (Å²) < 4.78 is 0. The van der Waals surface area contributed by atoms with Crippen molar-refractivity contribution in [1.29, 1.82) is 0 Å². The van der Waals surface area contributed by atoms with Crippen molar-refractivity contribution < 1.29 is 39.0 Å². The standard InChI is InChI=1S/C48H54N6O8/c1-29-15-17-35-37(23-29)47(61)53(45(35)59)31(3)43(57)49-39(25-33-11-7-5-8-12-33)41(55)27-51-19-21-52(22-20-51)28-42(56)40(26-34-13-9-6-10-14-34)50-44(58)32(4)54-46(60)36-18-16-30(2)24-38(36)48(54)62/h5-18,23-24,31-32,39-42,55-56H,19-22,25-28H2,1-4H3,(H,49,57)(H,50,58)/t31-,32-,39-,40+,41+,42-/m0/s1. The Morgan fingerprint density at radius 1 is 0.532 bits per heavy atom. The monoisotopic (exact) mass is 842 g/mol. The Bertz CT molecular complexity index is 2170. The van der Waals surface area contributed by atoms with Crippen LogP contribution in [0.4, 0.5) is 0 Å². The summed E-state index contributed by atoms with van der Waals surface area (Å²) in [4.78, 5) is 86.7. The molecule has 62 heavy (non-hydrogen) atoms. The number of aliphatic hydroxyl groups excluding tert-OH is 2. The molecule has 3 aliphatic rings. The molecule has 6 atom stereocenters. The molecule has 4 N–H and O–H groups in total. The largest absolute Gasteiger partial charge is 0.390 e. The van der Waals surface area contributed by atoms with Crippen LogP contribution in [0.5, 0.6) is 0 Å². The zero-order valence-corrected chi connectivity index (χ0v) is 35.5. The van der Waals surface area contributed by atoms with Gasteiger partial charge in [0.15, 0.2) is 0 Å². The first kappa shape index (κ1) is 44.0. The fourth-order valence-electron chi connectivity index (χ4n) is 8.53. The van der Waals surface area contributed by atoms with Gasteiger partial charge < -0.3 is 20.8 Å². The molecular formula is C48H54N6O8. The van der Waals surface area contributed by atoms with E-state index >= 15 is 0 Å². The lowest BCUT2D eigenvalue weighted by molar-refractivity contribution is -0.127. The second kappa shape index (κ2) is 18.9. The highest BCUT2D eigenvalue weighted by Gasteiger charge is 2.43. The molecule has 0 spiro atoms. The third-order valence-electron chi connectivity index (χ3n) is 12.2. The number of β-amino-alcohol motifs (C(OH)–C–C–N with tert-alkyl or cyclic N) is 2. The van der Waals surface area contributed by atoms with Crippen LogP contribution in [0, 0.1) is 13.8 Å². The fourth-order valence-corrected chi connectivity index (χ4v) is 8.53. The average Bonchev–Trinajstić information content (AvgIpc) is 3.65. The summed E-state index contributed by atoms with van der Waals surface area (Å²) >= 11 is 0. The quantitative estimate of drug-likeness (QED) is 0.123. The highest BCUT2D eigenvalue weighted by atomic mass is 16.3. The molecule has 4 aromatic carbocycles. The zero-order chi connectivity index (χ0) is 44.2. The number of hydrogen-bond donors (Lipinski definition) is 4. The molecule has 1 saturated heterocycles. The van der Waals surface area contributed by atoms with Gasteiger partial charge in [-0.2, -0.15) is 0 Å². The maximum Gasteiger partial charge on any atom is 0.262 e. The third-order valence-corrected chi connectivity index (χ3v) is 12.2. The van der Waals surface area contributed by atoms with Crippen LogP contribution in [-0.2, 0) is 22.4 Å². The normalized spacial score (nSPS) is 18.5. The molecule has 4 aromatic rings. The number of piperazine rings is 1. The van der Waals surface area contributed by atoms with Crippen molar-refractivity contribution in [3.05, 3.63) is 142 Å². The first-order valence-corrected chi connectivity index (χ1v) is 21.2. The van der Waals surface area contributed by atoms with E-state index in [2.05, 4.69) is 20.4 Å². The molecule has 6 amide bonds. The van der Waals surface area contributed by atoms with Gasteiger partial charge in [-0.15, -0.1) is 0 Å². The molecule has 3 heterocycles. The van der Waals surface area contributed by atoms with E-state index in [1.807, 2.05) is 74.5 Å². The molecule has 0 aliphatic carbocycles. The van der Waals surface area contributed by atoms with Crippen LogP contribution in [0.25, 0.3) is 0 Å². The summed E-state index contributed by atoms with van der Waals surface area (Å²) in [5.74, 6) is -3.23. The number of fused-ring (bicyclic) bond motifs is 2. The number of aliphatic hydroxyl groups is 2. The van der Waals surface area contributed by atoms with Crippen molar-refractivity contribution in [2.24, 2.45) is 0 Å². The van der Waals surface area contributed by atoms with E-state index in [0.29, 0.717) is 39.0 Å². The first-order chi connectivity index (χ1) is 29.7. The van der Waals surface area contributed by atoms with Gasteiger partial charge in [0.25, 0.3) is 23.6 Å². The number of nitrogens with one attached hydrogen (secondary N) is 2. The number of nitrogens with zero attached hydrogens (tertiary/aromatic N) is 4. The molecule has 14 heteroatoms. The predicted octanol–water partition coefficient (Wildman–Crippen LogP) is 2.77. The van der Waals surface area contributed by atoms with Crippen molar-refractivity contribution in [2.45, 2.75) is 76.9 Å². The topological polar surface area (TPSA) is 180 Å². The Morgan fingerprint density at radius 2 is 0.871 bits per heavy atom. The van der Waals surface area contributed by atoms with Gasteiger partial charge in [-0.25, -0.2) is 0 Å². The molecule has 1 fully saturated rings. The molecule has 324 valence electrons. The van der Waals surface area contributed by atoms with E-state index in [0.717, 1.165) is 32.1 Å². The number of amides is 6. The van der Waals surface area contributed by atoms with Crippen LogP contribution in [0.2, 0.25) is 0 Å². The maximum absolute atomic E-state index is 13.7. The smallest absolute Gasteiger partial charge is 0.262 e. The number of carbonyl (C=O) groups excluding carboxylic acids is 6. The maximum atomic E-state index is 13.7. The molecule has 7 rings (SSSR count). The zero-order valence-electron chi connectivity index (χ0n) is 35.5. The lowest BCUT2D eigenvalue weighted by Crippen LogP contribution is -2.58. The number of aryl methyl sites for hydroxylation is 2. The van der Waals surface area contributed by atoms with Crippen LogP contribution in [0.3, 0.4) is 0 Å². The van der Waals surface area contributed by atoms with Crippen LogP contribution in [0.15, 0.2) is 97.1 Å². The lowest BCUT2D eigenvalue weighted by atomic mass is 9.99. The van der Waals surface area contributed by atoms with Crippen LogP contribution < -0.4 is 10.6 Å². The minimum absolute atomic E-state index is 0.233. The Kier molecular flexibility index (Phi) is 13.4. The molecule has 0 bridgehead atoms. The van der Waals surface area contributed by atoms with E-state index in [9.17, 15) is 39.0 Å². The fraction of sp³-hybridized carbons (Fsp3) is 0.375. The summed E-state index contributed by atoms with van der Waals surface area (Å²) in [5.41, 5.74) is 4.49. The number of benzene rings is 4. The summed E-state index contributed by atoms with van der Waals surface area (Å²) in [5, 5.41) is 29.3. The summed E-state index contributed by atoms with van der Waals surface area (Å²) in [6.45, 7) is 9.33. The summed E-state index contributed by atoms with van der Waals surface area (Å²) in [6.07, 6.45) is -1.39. The van der Waals surface area contributed by atoms with Gasteiger partial charge in [-0.05, 0) is 75.9 Å². The SMILES string of the molecule is Cc1ccc2c(c1)C(=O)N([C@@H](C)C(=O)N[C@@H](Cc1ccccc1)[C@H](O)CN1CCN(C[C@H](O)[C@@H](Cc3ccccc3)NC(=O)[C@H](C)N3C(=O)c4ccc(C)cc4C3=O)CC1)C2=O. The number of rotatable bonds is 16.